The summed E-state index contributed by atoms with van der Waals surface area (Å²) in [6, 6.07) is 17.3. The zero-order valence-electron chi connectivity index (χ0n) is 18.3. The van der Waals surface area contributed by atoms with Crippen LogP contribution in [0, 0.1) is 0 Å². The number of rotatable bonds is 8. The summed E-state index contributed by atoms with van der Waals surface area (Å²) in [6.45, 7) is 4.68. The highest BCUT2D eigenvalue weighted by Crippen LogP contribution is 2.20. The number of ether oxygens (including phenoxy) is 1. The maximum absolute atomic E-state index is 12.8. The van der Waals surface area contributed by atoms with Crippen LogP contribution in [0.4, 0.5) is 11.6 Å². The van der Waals surface area contributed by atoms with Gasteiger partial charge in [-0.1, -0.05) is 49.7 Å². The molecule has 0 saturated heterocycles. The molecular weight excluding hydrogens is 404 g/mol. The van der Waals surface area contributed by atoms with Crippen molar-refractivity contribution < 1.29 is 9.53 Å². The van der Waals surface area contributed by atoms with Crippen LogP contribution in [-0.4, -0.2) is 34.0 Å². The largest absolute Gasteiger partial charge is 0.462 e. The summed E-state index contributed by atoms with van der Waals surface area (Å²) in [5, 5.41) is 3.12. The zero-order chi connectivity index (χ0) is 22.3. The van der Waals surface area contributed by atoms with Crippen LogP contribution in [0.1, 0.15) is 46.9 Å². The molecule has 0 atom stereocenters. The fourth-order valence-electron chi connectivity index (χ4n) is 3.77. The van der Waals surface area contributed by atoms with Crippen LogP contribution in [0.15, 0.2) is 59.4 Å². The van der Waals surface area contributed by atoms with Crippen molar-refractivity contribution >= 4 is 17.6 Å². The Morgan fingerprint density at radius 2 is 2.03 bits per heavy atom. The van der Waals surface area contributed by atoms with E-state index in [4.69, 9.17) is 4.74 Å². The van der Waals surface area contributed by atoms with E-state index in [0.29, 0.717) is 42.3 Å². The molecular formula is C25H28N4O3. The summed E-state index contributed by atoms with van der Waals surface area (Å²) in [6.07, 6.45) is 2.52. The van der Waals surface area contributed by atoms with E-state index in [1.807, 2.05) is 31.2 Å². The lowest BCUT2D eigenvalue weighted by Gasteiger charge is -2.27. The van der Waals surface area contributed by atoms with E-state index >= 15 is 0 Å². The van der Waals surface area contributed by atoms with Crippen LogP contribution in [0.25, 0.3) is 0 Å². The average Bonchev–Trinajstić information content (AvgIpc) is 2.80. The molecule has 3 aromatic rings. The lowest BCUT2D eigenvalue weighted by molar-refractivity contribution is 0.0500. The van der Waals surface area contributed by atoms with Crippen molar-refractivity contribution in [3.8, 4) is 0 Å². The molecule has 2 aromatic carbocycles. The van der Waals surface area contributed by atoms with Gasteiger partial charge >= 0.3 is 5.97 Å². The first-order valence-corrected chi connectivity index (χ1v) is 11.0. The molecule has 0 bridgehead atoms. The monoisotopic (exact) mass is 432 g/mol. The Balaban J connectivity index is 1.44. The van der Waals surface area contributed by atoms with E-state index < -0.39 is 0 Å². The Hall–Kier alpha value is -3.45. The Labute approximate surface area is 187 Å². The number of nitrogens with one attached hydrogen (secondary N) is 2. The lowest BCUT2D eigenvalue weighted by atomic mass is 10.1. The first-order chi connectivity index (χ1) is 15.6. The highest BCUT2D eigenvalue weighted by Gasteiger charge is 2.21. The smallest absolute Gasteiger partial charge is 0.338 e. The van der Waals surface area contributed by atoms with E-state index in [0.717, 1.165) is 31.6 Å². The van der Waals surface area contributed by atoms with Crippen LogP contribution in [0.2, 0.25) is 0 Å². The molecule has 0 fully saturated rings. The molecule has 7 heteroatoms. The second-order valence-electron chi connectivity index (χ2n) is 7.98. The number of hydrogen-bond acceptors (Lipinski definition) is 6. The number of carbonyl (C=O) groups is 1. The Bertz CT molecular complexity index is 1130. The van der Waals surface area contributed by atoms with Crippen LogP contribution in [0.5, 0.6) is 0 Å². The molecule has 0 aliphatic carbocycles. The third kappa shape index (κ3) is 5.42. The predicted octanol–water partition coefficient (Wildman–Crippen LogP) is 4.03. The van der Waals surface area contributed by atoms with Gasteiger partial charge in [-0.2, -0.15) is 0 Å². The number of esters is 1. The minimum atomic E-state index is -0.354. The summed E-state index contributed by atoms with van der Waals surface area (Å²) in [7, 11) is 0. The van der Waals surface area contributed by atoms with Crippen molar-refractivity contribution in [2.75, 3.05) is 18.5 Å². The topological polar surface area (TPSA) is 87.3 Å². The second-order valence-corrected chi connectivity index (χ2v) is 7.98. The Kier molecular flexibility index (Phi) is 6.97. The van der Waals surface area contributed by atoms with Gasteiger partial charge in [0.2, 0.25) is 5.95 Å². The molecule has 0 unspecified atom stereocenters. The van der Waals surface area contributed by atoms with Crippen molar-refractivity contribution in [3.05, 3.63) is 87.3 Å². The number of carbonyl (C=O) groups excluding carboxylic acids is 1. The Morgan fingerprint density at radius 3 is 2.84 bits per heavy atom. The molecule has 1 aliphatic heterocycles. The molecule has 32 heavy (non-hydrogen) atoms. The van der Waals surface area contributed by atoms with Gasteiger partial charge in [0, 0.05) is 31.7 Å². The second kappa shape index (κ2) is 10.2. The molecule has 1 aromatic heterocycles. The third-order valence-corrected chi connectivity index (χ3v) is 5.49. The first-order valence-electron chi connectivity index (χ1n) is 11.0. The standard InChI is InChI=1S/C25H28N4O3/c1-2-3-14-32-24(31)19-10-7-11-20(15-19)26-25-27-22-12-13-29(17-21(22)23(30)28-25)16-18-8-5-4-6-9-18/h4-11,15H,2-3,12-14,16-17H2,1H3,(H2,26,27,28,30). The number of aromatic amines is 1. The number of aromatic nitrogens is 2. The summed E-state index contributed by atoms with van der Waals surface area (Å²) in [5.41, 5.74) is 3.75. The highest BCUT2D eigenvalue weighted by molar-refractivity contribution is 5.90. The number of nitrogens with zero attached hydrogens (tertiary/aromatic N) is 2. The molecule has 1 aliphatic rings. The summed E-state index contributed by atoms with van der Waals surface area (Å²) in [5.74, 6) is 0.0225. The summed E-state index contributed by atoms with van der Waals surface area (Å²) >= 11 is 0. The van der Waals surface area contributed by atoms with Gasteiger partial charge in [-0.3, -0.25) is 14.7 Å². The van der Waals surface area contributed by atoms with Gasteiger partial charge < -0.3 is 10.1 Å². The SMILES string of the molecule is CCCCOC(=O)c1cccc(Nc2nc3c(c(=O)[nH]2)CN(Cc2ccccc2)CC3)c1. The number of hydrogen-bond donors (Lipinski definition) is 2. The number of benzene rings is 2. The molecule has 2 heterocycles. The summed E-state index contributed by atoms with van der Waals surface area (Å²) in [4.78, 5) is 34.7. The lowest BCUT2D eigenvalue weighted by Crippen LogP contribution is -2.35. The van der Waals surface area contributed by atoms with Gasteiger partial charge in [0.25, 0.3) is 5.56 Å². The van der Waals surface area contributed by atoms with Crippen molar-refractivity contribution in [2.45, 2.75) is 39.3 Å². The molecule has 2 N–H and O–H groups in total. The van der Waals surface area contributed by atoms with Crippen LogP contribution >= 0.6 is 0 Å². The zero-order valence-corrected chi connectivity index (χ0v) is 18.3. The number of fused-ring (bicyclic) bond motifs is 1. The molecule has 7 nitrogen and oxygen atoms in total. The van der Waals surface area contributed by atoms with Gasteiger partial charge in [0.05, 0.1) is 23.4 Å². The molecule has 0 saturated carbocycles. The minimum absolute atomic E-state index is 0.134. The normalized spacial score (nSPS) is 13.4. The number of unbranched alkanes of at least 4 members (excludes halogenated alkanes) is 1. The van der Waals surface area contributed by atoms with E-state index in [1.54, 1.807) is 18.2 Å². The molecule has 0 amide bonds. The average molecular weight is 433 g/mol. The maximum atomic E-state index is 12.8. The minimum Gasteiger partial charge on any atom is -0.462 e. The fraction of sp³-hybridized carbons (Fsp3) is 0.320. The van der Waals surface area contributed by atoms with Gasteiger partial charge in [0.1, 0.15) is 0 Å². The van der Waals surface area contributed by atoms with Crippen molar-refractivity contribution in [1.29, 1.82) is 0 Å². The maximum Gasteiger partial charge on any atom is 0.338 e. The fourth-order valence-corrected chi connectivity index (χ4v) is 3.77. The predicted molar refractivity (Wildman–Crippen MR) is 124 cm³/mol. The van der Waals surface area contributed by atoms with Gasteiger partial charge in [0.15, 0.2) is 0 Å². The van der Waals surface area contributed by atoms with E-state index in [2.05, 4.69) is 32.3 Å². The van der Waals surface area contributed by atoms with Crippen LogP contribution in [-0.2, 0) is 24.2 Å². The van der Waals surface area contributed by atoms with Crippen molar-refractivity contribution in [2.24, 2.45) is 0 Å². The number of H-pyrrole nitrogens is 1. The molecule has 0 spiro atoms. The number of anilines is 2. The van der Waals surface area contributed by atoms with Crippen LogP contribution in [0.3, 0.4) is 0 Å². The molecule has 0 radical (unpaired) electrons. The van der Waals surface area contributed by atoms with E-state index in [9.17, 15) is 9.59 Å². The van der Waals surface area contributed by atoms with Gasteiger partial charge in [-0.15, -0.1) is 0 Å². The third-order valence-electron chi connectivity index (χ3n) is 5.49. The van der Waals surface area contributed by atoms with E-state index in [1.165, 1.54) is 5.56 Å². The molecule has 4 rings (SSSR count). The summed E-state index contributed by atoms with van der Waals surface area (Å²) < 4.78 is 5.28. The first kappa shape index (κ1) is 21.8. The van der Waals surface area contributed by atoms with Gasteiger partial charge in [-0.25, -0.2) is 9.78 Å². The quantitative estimate of drug-likeness (QED) is 0.413. The highest BCUT2D eigenvalue weighted by atomic mass is 16.5. The van der Waals surface area contributed by atoms with Crippen LogP contribution < -0.4 is 10.9 Å². The molecule has 166 valence electrons. The van der Waals surface area contributed by atoms with E-state index in [-0.39, 0.29) is 11.5 Å². The Morgan fingerprint density at radius 1 is 1.19 bits per heavy atom. The van der Waals surface area contributed by atoms with Crippen molar-refractivity contribution in [1.82, 2.24) is 14.9 Å². The van der Waals surface area contributed by atoms with Gasteiger partial charge in [-0.05, 0) is 30.2 Å². The van der Waals surface area contributed by atoms with Crippen molar-refractivity contribution in [3.63, 3.8) is 0 Å².